The molecule has 0 saturated heterocycles. The minimum atomic E-state index is -4.56. The first-order valence-electron chi connectivity index (χ1n) is 5.64. The lowest BCUT2D eigenvalue weighted by atomic mass is 10.0. The summed E-state index contributed by atoms with van der Waals surface area (Å²) in [4.78, 5) is 12.0. The van der Waals surface area contributed by atoms with Gasteiger partial charge in [0.05, 0.1) is 17.7 Å². The van der Waals surface area contributed by atoms with Crippen molar-refractivity contribution >= 4 is 12.0 Å². The van der Waals surface area contributed by atoms with Crippen LogP contribution in [0.25, 0.3) is 0 Å². The van der Waals surface area contributed by atoms with Crippen LogP contribution in [-0.2, 0) is 6.18 Å². The van der Waals surface area contributed by atoms with E-state index in [-0.39, 0.29) is 17.9 Å². The van der Waals surface area contributed by atoms with Gasteiger partial charge in [-0.2, -0.15) is 13.2 Å². The third-order valence-corrected chi connectivity index (χ3v) is 3.12. The van der Waals surface area contributed by atoms with Gasteiger partial charge in [0.2, 0.25) is 0 Å². The van der Waals surface area contributed by atoms with Crippen LogP contribution in [0.15, 0.2) is 18.2 Å². The number of nitrogens with zero attached hydrogens (tertiary/aromatic N) is 1. The molecule has 1 rings (SSSR count). The van der Waals surface area contributed by atoms with E-state index in [0.717, 1.165) is 6.07 Å². The Labute approximate surface area is 109 Å². The van der Waals surface area contributed by atoms with E-state index in [2.05, 4.69) is 0 Å². The van der Waals surface area contributed by atoms with Gasteiger partial charge < -0.3 is 10.0 Å². The number of hydrogen-bond donors (Lipinski definition) is 1. The minimum absolute atomic E-state index is 0.0359. The quantitative estimate of drug-likeness (QED) is 0.859. The molecule has 0 heterocycles. The highest BCUT2D eigenvalue weighted by Gasteiger charge is 2.37. The summed E-state index contributed by atoms with van der Waals surface area (Å²) in [7, 11) is 1.47. The Morgan fingerprint density at radius 1 is 1.32 bits per heavy atom. The average molecular weight is 275 g/mol. The zero-order valence-electron chi connectivity index (χ0n) is 11.0. The lowest BCUT2D eigenvalue weighted by molar-refractivity contribution is -0.137. The van der Waals surface area contributed by atoms with E-state index in [1.165, 1.54) is 24.1 Å². The average Bonchev–Trinajstić information content (AvgIpc) is 2.36. The van der Waals surface area contributed by atoms with Crippen LogP contribution < -0.4 is 4.90 Å². The number of alkyl halides is 3. The molecular weight excluding hydrogens is 259 g/mol. The Hall–Kier alpha value is -1.56. The summed E-state index contributed by atoms with van der Waals surface area (Å²) in [5.74, 6) is 0. The molecule has 0 aromatic heterocycles. The normalized spacial score (nSPS) is 12.4. The van der Waals surface area contributed by atoms with Gasteiger partial charge in [-0.25, -0.2) is 0 Å². The van der Waals surface area contributed by atoms with Gasteiger partial charge >= 0.3 is 6.18 Å². The highest BCUT2D eigenvalue weighted by Crippen LogP contribution is 2.38. The molecule has 0 atom stereocenters. The summed E-state index contributed by atoms with van der Waals surface area (Å²) in [6, 6.07) is 3.37. The Morgan fingerprint density at radius 3 is 2.32 bits per heavy atom. The van der Waals surface area contributed by atoms with Crippen molar-refractivity contribution in [2.24, 2.45) is 0 Å². The molecule has 0 aliphatic heterocycles. The molecule has 1 aromatic carbocycles. The summed E-state index contributed by atoms with van der Waals surface area (Å²) in [5, 5.41) is 9.24. The number of benzene rings is 1. The number of halogens is 3. The van der Waals surface area contributed by atoms with Gasteiger partial charge in [-0.1, -0.05) is 0 Å². The summed E-state index contributed by atoms with van der Waals surface area (Å²) in [6.07, 6.45) is -4.19. The molecule has 1 N–H and O–H groups in total. The fraction of sp³-hybridized carbons (Fsp3) is 0.462. The molecule has 0 fully saturated rings. The molecule has 19 heavy (non-hydrogen) atoms. The predicted octanol–water partition coefficient (Wildman–Crippen LogP) is 2.73. The van der Waals surface area contributed by atoms with Crippen molar-refractivity contribution in [2.45, 2.75) is 25.6 Å². The standard InChI is InChI=1S/C13H16F3NO2/c1-12(2,8-19)17(3)11-5-4-9(7-18)6-10(11)13(14,15)16/h4-7,19H,8H2,1-3H3. The Bertz CT molecular complexity index is 469. The van der Waals surface area contributed by atoms with Crippen molar-refractivity contribution in [3.8, 4) is 0 Å². The van der Waals surface area contributed by atoms with Crippen LogP contribution in [0.2, 0.25) is 0 Å². The maximum Gasteiger partial charge on any atom is 0.418 e. The van der Waals surface area contributed by atoms with Gasteiger partial charge in [0.1, 0.15) is 6.29 Å². The van der Waals surface area contributed by atoms with Crippen molar-refractivity contribution in [3.63, 3.8) is 0 Å². The summed E-state index contributed by atoms with van der Waals surface area (Å²) < 4.78 is 39.0. The van der Waals surface area contributed by atoms with Crippen molar-refractivity contribution in [1.82, 2.24) is 0 Å². The highest BCUT2D eigenvalue weighted by molar-refractivity contribution is 5.77. The van der Waals surface area contributed by atoms with Crippen LogP contribution >= 0.6 is 0 Å². The maximum absolute atomic E-state index is 13.0. The fourth-order valence-electron chi connectivity index (χ4n) is 1.58. The molecule has 0 unspecified atom stereocenters. The molecular formula is C13H16F3NO2. The third kappa shape index (κ3) is 3.26. The van der Waals surface area contributed by atoms with Crippen LogP contribution in [0.4, 0.5) is 18.9 Å². The first-order valence-corrected chi connectivity index (χ1v) is 5.64. The predicted molar refractivity (Wildman–Crippen MR) is 66.4 cm³/mol. The fourth-order valence-corrected chi connectivity index (χ4v) is 1.58. The SMILES string of the molecule is CN(c1ccc(C=O)cc1C(F)(F)F)C(C)(C)CO. The van der Waals surface area contributed by atoms with Crippen LogP contribution in [0.5, 0.6) is 0 Å². The highest BCUT2D eigenvalue weighted by atomic mass is 19.4. The Balaban J connectivity index is 3.39. The molecule has 6 heteroatoms. The number of anilines is 1. The summed E-state index contributed by atoms with van der Waals surface area (Å²) in [6.45, 7) is 2.96. The maximum atomic E-state index is 13.0. The number of rotatable bonds is 4. The molecule has 0 aliphatic carbocycles. The van der Waals surface area contributed by atoms with Gasteiger partial charge in [-0.15, -0.1) is 0 Å². The minimum Gasteiger partial charge on any atom is -0.394 e. The van der Waals surface area contributed by atoms with Crippen molar-refractivity contribution in [2.75, 3.05) is 18.6 Å². The molecule has 3 nitrogen and oxygen atoms in total. The second kappa shape index (κ2) is 5.21. The first-order chi connectivity index (χ1) is 8.63. The molecule has 0 aliphatic rings. The third-order valence-electron chi connectivity index (χ3n) is 3.12. The first kappa shape index (κ1) is 15.5. The monoisotopic (exact) mass is 275 g/mol. The molecule has 106 valence electrons. The smallest absolute Gasteiger partial charge is 0.394 e. The van der Waals surface area contributed by atoms with Gasteiger partial charge in [0, 0.05) is 18.3 Å². The molecule has 0 radical (unpaired) electrons. The zero-order chi connectivity index (χ0) is 14.8. The van der Waals surface area contributed by atoms with Gasteiger partial charge in [0.15, 0.2) is 0 Å². The second-order valence-electron chi connectivity index (χ2n) is 4.92. The number of carbonyl (C=O) groups excluding carboxylic acids is 1. The van der Waals surface area contributed by atoms with E-state index in [4.69, 9.17) is 0 Å². The molecule has 0 bridgehead atoms. The van der Waals surface area contributed by atoms with Crippen LogP contribution in [0.3, 0.4) is 0 Å². The number of carbonyl (C=O) groups is 1. The molecule has 0 saturated carbocycles. The Morgan fingerprint density at radius 2 is 1.89 bits per heavy atom. The van der Waals surface area contributed by atoms with Crippen LogP contribution in [-0.4, -0.2) is 30.6 Å². The number of hydrogen-bond acceptors (Lipinski definition) is 3. The topological polar surface area (TPSA) is 40.5 Å². The number of aliphatic hydroxyl groups is 1. The Kier molecular flexibility index (Phi) is 4.25. The van der Waals surface area contributed by atoms with Gasteiger partial charge in [-0.3, -0.25) is 4.79 Å². The van der Waals surface area contributed by atoms with Crippen LogP contribution in [0, 0.1) is 0 Å². The van der Waals surface area contributed by atoms with Crippen LogP contribution in [0.1, 0.15) is 29.8 Å². The largest absolute Gasteiger partial charge is 0.418 e. The van der Waals surface area contributed by atoms with E-state index in [1.54, 1.807) is 13.8 Å². The summed E-state index contributed by atoms with van der Waals surface area (Å²) in [5.41, 5.74) is -1.84. The number of likely N-dealkylation sites (N-methyl/N-ethyl adjacent to an activating group) is 1. The van der Waals surface area contributed by atoms with E-state index in [9.17, 15) is 23.1 Å². The zero-order valence-corrected chi connectivity index (χ0v) is 11.0. The number of aliphatic hydroxyl groups excluding tert-OH is 1. The molecule has 0 amide bonds. The van der Waals surface area contributed by atoms with Crippen molar-refractivity contribution in [1.29, 1.82) is 0 Å². The van der Waals surface area contributed by atoms with Crippen molar-refractivity contribution < 1.29 is 23.1 Å². The number of aldehydes is 1. The van der Waals surface area contributed by atoms with E-state index >= 15 is 0 Å². The lowest BCUT2D eigenvalue weighted by Gasteiger charge is -2.37. The lowest BCUT2D eigenvalue weighted by Crippen LogP contribution is -2.45. The second-order valence-corrected chi connectivity index (χ2v) is 4.92. The van der Waals surface area contributed by atoms with E-state index < -0.39 is 17.3 Å². The van der Waals surface area contributed by atoms with Gasteiger partial charge in [0.25, 0.3) is 0 Å². The van der Waals surface area contributed by atoms with Crippen molar-refractivity contribution in [3.05, 3.63) is 29.3 Å². The van der Waals surface area contributed by atoms with E-state index in [1.807, 2.05) is 0 Å². The van der Waals surface area contributed by atoms with Gasteiger partial charge in [-0.05, 0) is 32.0 Å². The molecule has 1 aromatic rings. The van der Waals surface area contributed by atoms with E-state index in [0.29, 0.717) is 6.29 Å². The summed E-state index contributed by atoms with van der Waals surface area (Å²) >= 11 is 0. The molecule has 0 spiro atoms.